The predicted molar refractivity (Wildman–Crippen MR) is 67.4 cm³/mol. The van der Waals surface area contributed by atoms with E-state index in [0.29, 0.717) is 10.3 Å². The van der Waals surface area contributed by atoms with Crippen LogP contribution in [0.5, 0.6) is 0 Å². The van der Waals surface area contributed by atoms with Crippen molar-refractivity contribution in [1.29, 1.82) is 0 Å². The smallest absolute Gasteiger partial charge is 0.272 e. The van der Waals surface area contributed by atoms with Gasteiger partial charge in [0.15, 0.2) is 0 Å². The van der Waals surface area contributed by atoms with Gasteiger partial charge < -0.3 is 10.2 Å². The molecule has 0 saturated carbocycles. The maximum Gasteiger partial charge on any atom is 0.272 e. The molecule has 0 saturated heterocycles. The summed E-state index contributed by atoms with van der Waals surface area (Å²) in [7, 11) is 3.69. The minimum Gasteiger partial charge on any atom is -0.340 e. The van der Waals surface area contributed by atoms with Crippen molar-refractivity contribution < 1.29 is 4.79 Å². The molecule has 0 bridgehead atoms. The Morgan fingerprint density at radius 3 is 2.94 bits per heavy atom. The first-order valence-electron chi connectivity index (χ1n) is 5.17. The van der Waals surface area contributed by atoms with E-state index in [9.17, 15) is 4.79 Å². The van der Waals surface area contributed by atoms with Gasteiger partial charge in [0.2, 0.25) is 0 Å². The van der Waals surface area contributed by atoms with Gasteiger partial charge in [-0.1, -0.05) is 6.07 Å². The first-order chi connectivity index (χ1) is 7.65. The Kier molecular flexibility index (Phi) is 5.42. The lowest BCUT2D eigenvalue weighted by Crippen LogP contribution is -2.30. The lowest BCUT2D eigenvalue weighted by molar-refractivity contribution is 0.0788. The van der Waals surface area contributed by atoms with Crippen LogP contribution in [0.4, 0.5) is 0 Å². The largest absolute Gasteiger partial charge is 0.340 e. The molecule has 0 radical (unpaired) electrons. The van der Waals surface area contributed by atoms with Gasteiger partial charge >= 0.3 is 0 Å². The first-order valence-corrected chi connectivity index (χ1v) is 5.97. The number of aromatic nitrogens is 1. The van der Waals surface area contributed by atoms with E-state index in [0.717, 1.165) is 19.5 Å². The third-order valence-corrected chi connectivity index (χ3v) is 2.64. The number of carbonyl (C=O) groups excluding carboxylic acids is 1. The summed E-state index contributed by atoms with van der Waals surface area (Å²) in [6, 6.07) is 5.34. The fourth-order valence-corrected chi connectivity index (χ4v) is 1.66. The molecule has 1 aromatic heterocycles. The summed E-state index contributed by atoms with van der Waals surface area (Å²) < 4.78 is 0.682. The van der Waals surface area contributed by atoms with Crippen LogP contribution in [-0.4, -0.2) is 43.0 Å². The number of hydrogen-bond acceptors (Lipinski definition) is 3. The maximum atomic E-state index is 11.9. The Bertz CT molecular complexity index is 357. The van der Waals surface area contributed by atoms with Gasteiger partial charge in [0.25, 0.3) is 5.91 Å². The quantitative estimate of drug-likeness (QED) is 0.659. The first kappa shape index (κ1) is 13.1. The van der Waals surface area contributed by atoms with E-state index >= 15 is 0 Å². The van der Waals surface area contributed by atoms with Crippen LogP contribution in [0.3, 0.4) is 0 Å². The molecule has 16 heavy (non-hydrogen) atoms. The average Bonchev–Trinajstić information content (AvgIpc) is 2.28. The molecule has 0 fully saturated rings. The molecule has 0 aliphatic rings. The SMILES string of the molecule is CNCCCN(C)C(=O)c1cccc(Br)n1. The summed E-state index contributed by atoms with van der Waals surface area (Å²) in [5.74, 6) is -0.0441. The number of nitrogens with one attached hydrogen (secondary N) is 1. The Morgan fingerprint density at radius 2 is 2.31 bits per heavy atom. The van der Waals surface area contributed by atoms with Crippen molar-refractivity contribution in [2.45, 2.75) is 6.42 Å². The highest BCUT2D eigenvalue weighted by Gasteiger charge is 2.12. The summed E-state index contributed by atoms with van der Waals surface area (Å²) in [5.41, 5.74) is 0.473. The molecular formula is C11H16BrN3O. The minimum absolute atomic E-state index is 0.0441. The Hall–Kier alpha value is -0.940. The second-order valence-electron chi connectivity index (χ2n) is 3.53. The van der Waals surface area contributed by atoms with Gasteiger partial charge in [-0.05, 0) is 48.1 Å². The zero-order valence-corrected chi connectivity index (χ0v) is 11.1. The molecule has 1 N–H and O–H groups in total. The maximum absolute atomic E-state index is 11.9. The molecule has 1 heterocycles. The number of rotatable bonds is 5. The molecule has 5 heteroatoms. The van der Waals surface area contributed by atoms with Crippen molar-refractivity contribution in [3.63, 3.8) is 0 Å². The zero-order chi connectivity index (χ0) is 12.0. The van der Waals surface area contributed by atoms with E-state index in [1.54, 1.807) is 24.1 Å². The molecule has 0 unspecified atom stereocenters. The molecule has 1 amide bonds. The molecule has 0 spiro atoms. The Balaban J connectivity index is 2.56. The van der Waals surface area contributed by atoms with Gasteiger partial charge in [-0.2, -0.15) is 0 Å². The summed E-state index contributed by atoms with van der Waals surface area (Å²) in [4.78, 5) is 17.7. The zero-order valence-electron chi connectivity index (χ0n) is 9.53. The van der Waals surface area contributed by atoms with Crippen LogP contribution < -0.4 is 5.32 Å². The lowest BCUT2D eigenvalue weighted by atomic mass is 10.3. The highest BCUT2D eigenvalue weighted by atomic mass is 79.9. The summed E-state index contributed by atoms with van der Waals surface area (Å²) >= 11 is 3.25. The fourth-order valence-electron chi connectivity index (χ4n) is 1.32. The van der Waals surface area contributed by atoms with Crippen molar-refractivity contribution in [3.8, 4) is 0 Å². The summed E-state index contributed by atoms with van der Waals surface area (Å²) in [5, 5.41) is 3.05. The van der Waals surface area contributed by atoms with E-state index in [-0.39, 0.29) is 5.91 Å². The third-order valence-electron chi connectivity index (χ3n) is 2.20. The average molecular weight is 286 g/mol. The highest BCUT2D eigenvalue weighted by molar-refractivity contribution is 9.10. The predicted octanol–water partition coefficient (Wildman–Crippen LogP) is 1.53. The standard InChI is InChI=1S/C11H16BrN3O/c1-13-7-4-8-15(2)11(16)9-5-3-6-10(12)14-9/h3,5-6,13H,4,7-8H2,1-2H3. The summed E-state index contributed by atoms with van der Waals surface area (Å²) in [6.07, 6.45) is 0.937. The van der Waals surface area contributed by atoms with Crippen molar-refractivity contribution in [2.24, 2.45) is 0 Å². The normalized spacial score (nSPS) is 10.2. The lowest BCUT2D eigenvalue weighted by Gasteiger charge is -2.16. The van der Waals surface area contributed by atoms with Crippen LogP contribution in [0.1, 0.15) is 16.9 Å². The van der Waals surface area contributed by atoms with Crippen LogP contribution in [0, 0.1) is 0 Å². The molecule has 1 rings (SSSR count). The second kappa shape index (κ2) is 6.60. The van der Waals surface area contributed by atoms with Crippen LogP contribution in [0.25, 0.3) is 0 Å². The van der Waals surface area contributed by atoms with Crippen molar-refractivity contribution >= 4 is 21.8 Å². The molecule has 0 atom stereocenters. The molecule has 4 nitrogen and oxygen atoms in total. The van der Waals surface area contributed by atoms with E-state index in [1.807, 2.05) is 13.1 Å². The fraction of sp³-hybridized carbons (Fsp3) is 0.455. The second-order valence-corrected chi connectivity index (χ2v) is 4.34. The van der Waals surface area contributed by atoms with E-state index in [1.165, 1.54) is 0 Å². The van der Waals surface area contributed by atoms with Crippen LogP contribution in [-0.2, 0) is 0 Å². The van der Waals surface area contributed by atoms with Crippen molar-refractivity contribution in [3.05, 3.63) is 28.5 Å². The monoisotopic (exact) mass is 285 g/mol. The molecule has 0 aliphatic carbocycles. The number of amides is 1. The van der Waals surface area contributed by atoms with Gasteiger partial charge in [-0.15, -0.1) is 0 Å². The minimum atomic E-state index is -0.0441. The van der Waals surface area contributed by atoms with Gasteiger partial charge in [0, 0.05) is 13.6 Å². The Labute approximate surface area is 104 Å². The van der Waals surface area contributed by atoms with Gasteiger partial charge in [0.05, 0.1) is 0 Å². The summed E-state index contributed by atoms with van der Waals surface area (Å²) in [6.45, 7) is 1.64. The molecule has 0 aromatic carbocycles. The number of pyridine rings is 1. The van der Waals surface area contributed by atoms with Gasteiger partial charge in [-0.3, -0.25) is 4.79 Å². The number of hydrogen-bond donors (Lipinski definition) is 1. The number of nitrogens with zero attached hydrogens (tertiary/aromatic N) is 2. The number of halogens is 1. The molecule has 88 valence electrons. The van der Waals surface area contributed by atoms with E-state index in [4.69, 9.17) is 0 Å². The third kappa shape index (κ3) is 3.90. The van der Waals surface area contributed by atoms with Gasteiger partial charge in [-0.25, -0.2) is 4.98 Å². The molecule has 0 aliphatic heterocycles. The highest BCUT2D eigenvalue weighted by Crippen LogP contribution is 2.08. The van der Waals surface area contributed by atoms with Crippen LogP contribution in [0.2, 0.25) is 0 Å². The van der Waals surface area contributed by atoms with Crippen molar-refractivity contribution in [2.75, 3.05) is 27.2 Å². The van der Waals surface area contributed by atoms with E-state index in [2.05, 4.69) is 26.2 Å². The van der Waals surface area contributed by atoms with Crippen molar-refractivity contribution in [1.82, 2.24) is 15.2 Å². The topological polar surface area (TPSA) is 45.2 Å². The van der Waals surface area contributed by atoms with Crippen LogP contribution >= 0.6 is 15.9 Å². The molecular weight excluding hydrogens is 270 g/mol. The van der Waals surface area contributed by atoms with Gasteiger partial charge in [0.1, 0.15) is 10.3 Å². The van der Waals surface area contributed by atoms with Crippen LogP contribution in [0.15, 0.2) is 22.8 Å². The molecule has 1 aromatic rings. The van der Waals surface area contributed by atoms with E-state index < -0.39 is 0 Å². The number of carbonyl (C=O) groups is 1. The Morgan fingerprint density at radius 1 is 1.56 bits per heavy atom.